The number of aryl methyl sites for hydroxylation is 1. The number of carbonyl (C=O) groups excluding carboxylic acids is 1. The first-order valence-electron chi connectivity index (χ1n) is 5.94. The van der Waals surface area contributed by atoms with E-state index in [1.807, 2.05) is 0 Å². The number of amides is 1. The maximum absolute atomic E-state index is 11.3. The summed E-state index contributed by atoms with van der Waals surface area (Å²) >= 11 is 0. The SMILES string of the molecule is NC(=O)c1cc(N)cnc1NCCCc1ncc[nH]1. The van der Waals surface area contributed by atoms with Gasteiger partial charge in [0.15, 0.2) is 0 Å². The van der Waals surface area contributed by atoms with Crippen molar-refractivity contribution in [3.05, 3.63) is 36.0 Å². The van der Waals surface area contributed by atoms with Crippen molar-refractivity contribution in [2.75, 3.05) is 17.6 Å². The van der Waals surface area contributed by atoms with E-state index < -0.39 is 5.91 Å². The maximum atomic E-state index is 11.3. The molecule has 0 saturated heterocycles. The summed E-state index contributed by atoms with van der Waals surface area (Å²) in [6.07, 6.45) is 6.67. The zero-order chi connectivity index (χ0) is 13.7. The number of nitrogens with one attached hydrogen (secondary N) is 2. The van der Waals surface area contributed by atoms with Crippen molar-refractivity contribution in [2.45, 2.75) is 12.8 Å². The van der Waals surface area contributed by atoms with Gasteiger partial charge in [0.1, 0.15) is 11.6 Å². The lowest BCUT2D eigenvalue weighted by Crippen LogP contribution is -2.16. The Kier molecular flexibility index (Phi) is 3.97. The van der Waals surface area contributed by atoms with E-state index in [9.17, 15) is 4.79 Å². The number of rotatable bonds is 6. The standard InChI is InChI=1S/C12H16N6O/c13-8-6-9(11(14)19)12(18-7-8)17-3-1-2-10-15-4-5-16-10/h4-7H,1-3,13H2,(H2,14,19)(H,15,16)(H,17,18). The van der Waals surface area contributed by atoms with Crippen LogP contribution in [0.3, 0.4) is 0 Å². The lowest BCUT2D eigenvalue weighted by Gasteiger charge is -2.09. The third kappa shape index (κ3) is 3.44. The van der Waals surface area contributed by atoms with E-state index in [4.69, 9.17) is 11.5 Å². The van der Waals surface area contributed by atoms with Gasteiger partial charge in [0.05, 0.1) is 17.4 Å². The fourth-order valence-electron chi connectivity index (χ4n) is 1.71. The molecule has 0 bridgehead atoms. The topological polar surface area (TPSA) is 123 Å². The van der Waals surface area contributed by atoms with Crippen molar-refractivity contribution in [3.8, 4) is 0 Å². The van der Waals surface area contributed by atoms with Crippen LogP contribution in [-0.4, -0.2) is 27.4 Å². The van der Waals surface area contributed by atoms with Crippen LogP contribution >= 0.6 is 0 Å². The number of anilines is 2. The Hall–Kier alpha value is -2.57. The fraction of sp³-hybridized carbons (Fsp3) is 0.250. The van der Waals surface area contributed by atoms with Gasteiger partial charge < -0.3 is 21.8 Å². The minimum Gasteiger partial charge on any atom is -0.397 e. The number of aromatic amines is 1. The second-order valence-electron chi connectivity index (χ2n) is 4.10. The van der Waals surface area contributed by atoms with Crippen molar-refractivity contribution >= 4 is 17.4 Å². The molecule has 7 nitrogen and oxygen atoms in total. The molecule has 2 rings (SSSR count). The van der Waals surface area contributed by atoms with Gasteiger partial charge >= 0.3 is 0 Å². The molecule has 1 amide bonds. The molecule has 0 spiro atoms. The summed E-state index contributed by atoms with van der Waals surface area (Å²) in [6.45, 7) is 0.665. The minimum atomic E-state index is -0.548. The smallest absolute Gasteiger partial charge is 0.252 e. The van der Waals surface area contributed by atoms with Gasteiger partial charge in [-0.05, 0) is 12.5 Å². The number of nitrogen functional groups attached to an aromatic ring is 1. The van der Waals surface area contributed by atoms with Gasteiger partial charge in [-0.1, -0.05) is 0 Å². The summed E-state index contributed by atoms with van der Waals surface area (Å²) in [7, 11) is 0. The van der Waals surface area contributed by atoms with Crippen molar-refractivity contribution in [2.24, 2.45) is 5.73 Å². The molecule has 7 heteroatoms. The number of hydrogen-bond acceptors (Lipinski definition) is 5. The Labute approximate surface area is 110 Å². The summed E-state index contributed by atoms with van der Waals surface area (Å²) in [5, 5.41) is 3.08. The first-order chi connectivity index (χ1) is 9.16. The van der Waals surface area contributed by atoms with E-state index in [2.05, 4.69) is 20.3 Å². The molecule has 6 N–H and O–H groups in total. The summed E-state index contributed by atoms with van der Waals surface area (Å²) < 4.78 is 0. The predicted molar refractivity (Wildman–Crippen MR) is 72.6 cm³/mol. The minimum absolute atomic E-state index is 0.304. The molecule has 0 fully saturated rings. The molecule has 0 aliphatic rings. The number of imidazole rings is 1. The van der Waals surface area contributed by atoms with E-state index in [1.165, 1.54) is 12.3 Å². The molecule has 0 aliphatic carbocycles. The third-order valence-corrected chi connectivity index (χ3v) is 2.61. The van der Waals surface area contributed by atoms with Crippen LogP contribution in [0.4, 0.5) is 11.5 Å². The van der Waals surface area contributed by atoms with Crippen LogP contribution in [0.2, 0.25) is 0 Å². The number of aromatic nitrogens is 3. The highest BCUT2D eigenvalue weighted by atomic mass is 16.1. The average molecular weight is 260 g/mol. The third-order valence-electron chi connectivity index (χ3n) is 2.61. The predicted octanol–water partition coefficient (Wildman–Crippen LogP) is 0.530. The largest absolute Gasteiger partial charge is 0.397 e. The molecular weight excluding hydrogens is 244 g/mol. The van der Waals surface area contributed by atoms with Gasteiger partial charge in [-0.2, -0.15) is 0 Å². The van der Waals surface area contributed by atoms with Crippen LogP contribution in [0.1, 0.15) is 22.6 Å². The molecular formula is C12H16N6O. The van der Waals surface area contributed by atoms with Gasteiger partial charge in [-0.15, -0.1) is 0 Å². The van der Waals surface area contributed by atoms with Crippen molar-refractivity contribution < 1.29 is 4.79 Å². The van der Waals surface area contributed by atoms with Crippen molar-refractivity contribution in [1.29, 1.82) is 0 Å². The van der Waals surface area contributed by atoms with Crippen LogP contribution in [-0.2, 0) is 6.42 Å². The second kappa shape index (κ2) is 5.85. The first-order valence-corrected chi connectivity index (χ1v) is 5.94. The lowest BCUT2D eigenvalue weighted by atomic mass is 10.2. The van der Waals surface area contributed by atoms with Gasteiger partial charge in [0.2, 0.25) is 0 Å². The number of H-pyrrole nitrogens is 1. The molecule has 0 radical (unpaired) electrons. The number of pyridine rings is 1. The highest BCUT2D eigenvalue weighted by Crippen LogP contribution is 2.14. The van der Waals surface area contributed by atoms with Crippen LogP contribution in [0, 0.1) is 0 Å². The molecule has 100 valence electrons. The van der Waals surface area contributed by atoms with E-state index in [1.54, 1.807) is 12.4 Å². The summed E-state index contributed by atoms with van der Waals surface area (Å²) in [5.74, 6) is 0.844. The number of nitrogens with zero attached hydrogens (tertiary/aromatic N) is 2. The number of carbonyl (C=O) groups is 1. The first kappa shape index (κ1) is 12.9. The Morgan fingerprint density at radius 1 is 1.42 bits per heavy atom. The summed E-state index contributed by atoms with van der Waals surface area (Å²) in [4.78, 5) is 22.5. The number of hydrogen-bond donors (Lipinski definition) is 4. The Bertz CT molecular complexity index is 551. The summed E-state index contributed by atoms with van der Waals surface area (Å²) in [5.41, 5.74) is 11.6. The lowest BCUT2D eigenvalue weighted by molar-refractivity contribution is 0.100. The Balaban J connectivity index is 1.90. The van der Waals surface area contributed by atoms with Crippen molar-refractivity contribution in [3.63, 3.8) is 0 Å². The van der Waals surface area contributed by atoms with Crippen LogP contribution in [0.15, 0.2) is 24.7 Å². The van der Waals surface area contributed by atoms with E-state index in [0.29, 0.717) is 23.6 Å². The maximum Gasteiger partial charge on any atom is 0.252 e. The molecule has 19 heavy (non-hydrogen) atoms. The van der Waals surface area contributed by atoms with E-state index in [0.717, 1.165) is 18.7 Å². The summed E-state index contributed by atoms with van der Waals surface area (Å²) in [6, 6.07) is 1.52. The molecule has 0 aromatic carbocycles. The quantitative estimate of drug-likeness (QED) is 0.564. The van der Waals surface area contributed by atoms with Gasteiger partial charge in [0.25, 0.3) is 5.91 Å². The molecule has 2 aromatic rings. The van der Waals surface area contributed by atoms with Crippen LogP contribution in [0.25, 0.3) is 0 Å². The van der Waals surface area contributed by atoms with Crippen LogP contribution < -0.4 is 16.8 Å². The molecule has 2 aromatic heterocycles. The monoisotopic (exact) mass is 260 g/mol. The molecule has 0 atom stereocenters. The Morgan fingerprint density at radius 3 is 2.95 bits per heavy atom. The number of nitrogens with two attached hydrogens (primary N) is 2. The molecule has 0 saturated carbocycles. The highest BCUT2D eigenvalue weighted by Gasteiger charge is 2.09. The highest BCUT2D eigenvalue weighted by molar-refractivity contribution is 5.98. The van der Waals surface area contributed by atoms with Gasteiger partial charge in [-0.3, -0.25) is 4.79 Å². The average Bonchev–Trinajstić information content (AvgIpc) is 2.89. The molecule has 0 unspecified atom stereocenters. The van der Waals surface area contributed by atoms with Gasteiger partial charge in [0, 0.05) is 25.4 Å². The number of primary amides is 1. The van der Waals surface area contributed by atoms with Gasteiger partial charge in [-0.25, -0.2) is 9.97 Å². The van der Waals surface area contributed by atoms with E-state index in [-0.39, 0.29) is 0 Å². The Morgan fingerprint density at radius 2 is 2.26 bits per heavy atom. The van der Waals surface area contributed by atoms with Crippen molar-refractivity contribution in [1.82, 2.24) is 15.0 Å². The second-order valence-corrected chi connectivity index (χ2v) is 4.10. The molecule has 2 heterocycles. The normalized spacial score (nSPS) is 10.3. The fourth-order valence-corrected chi connectivity index (χ4v) is 1.71. The zero-order valence-corrected chi connectivity index (χ0v) is 10.4. The van der Waals surface area contributed by atoms with Crippen LogP contribution in [0.5, 0.6) is 0 Å². The zero-order valence-electron chi connectivity index (χ0n) is 10.4. The molecule has 0 aliphatic heterocycles. The van der Waals surface area contributed by atoms with E-state index >= 15 is 0 Å².